The highest BCUT2D eigenvalue weighted by Crippen LogP contribution is 2.25. The lowest BCUT2D eigenvalue weighted by atomic mass is 10.1. The standard InChI is InChI=1S/C19H25N7/c1-13-6-7-14(2)15(12-13)23-18-16-17(21-10-9-20-16)24-19(25-18)22-8-5-11-26(3)4/h6-7,9-10,12H,5,8,11H2,1-4H3,(H2,21,22,23,24,25). The highest BCUT2D eigenvalue weighted by molar-refractivity contribution is 5.86. The maximum atomic E-state index is 4.63. The Kier molecular flexibility index (Phi) is 5.58. The van der Waals surface area contributed by atoms with Crippen LogP contribution in [-0.4, -0.2) is 52.0 Å². The van der Waals surface area contributed by atoms with Gasteiger partial charge in [-0.3, -0.25) is 0 Å². The molecule has 7 heteroatoms. The Morgan fingerprint density at radius 2 is 1.85 bits per heavy atom. The molecule has 136 valence electrons. The van der Waals surface area contributed by atoms with Gasteiger partial charge in [0.15, 0.2) is 17.0 Å². The van der Waals surface area contributed by atoms with Gasteiger partial charge in [0.05, 0.1) is 0 Å². The summed E-state index contributed by atoms with van der Waals surface area (Å²) in [5, 5.41) is 6.69. The van der Waals surface area contributed by atoms with Crippen molar-refractivity contribution in [1.29, 1.82) is 0 Å². The first-order valence-electron chi connectivity index (χ1n) is 8.74. The van der Waals surface area contributed by atoms with E-state index in [2.05, 4.69) is 81.6 Å². The molecule has 26 heavy (non-hydrogen) atoms. The van der Waals surface area contributed by atoms with Gasteiger partial charge in [0, 0.05) is 24.6 Å². The van der Waals surface area contributed by atoms with Crippen LogP contribution >= 0.6 is 0 Å². The zero-order valence-corrected chi connectivity index (χ0v) is 15.7. The zero-order chi connectivity index (χ0) is 18.5. The Morgan fingerprint density at radius 3 is 2.65 bits per heavy atom. The molecule has 0 amide bonds. The van der Waals surface area contributed by atoms with Crippen molar-refractivity contribution in [2.24, 2.45) is 0 Å². The minimum atomic E-state index is 0.560. The largest absolute Gasteiger partial charge is 0.354 e. The molecule has 3 aromatic rings. The van der Waals surface area contributed by atoms with Gasteiger partial charge in [-0.05, 0) is 58.1 Å². The van der Waals surface area contributed by atoms with Crippen molar-refractivity contribution >= 4 is 28.6 Å². The summed E-state index contributed by atoms with van der Waals surface area (Å²) in [6, 6.07) is 6.28. The van der Waals surface area contributed by atoms with Gasteiger partial charge in [0.2, 0.25) is 5.95 Å². The molecular formula is C19H25N7. The molecule has 3 rings (SSSR count). The summed E-state index contributed by atoms with van der Waals surface area (Å²) in [5.74, 6) is 1.22. The minimum Gasteiger partial charge on any atom is -0.354 e. The maximum absolute atomic E-state index is 4.63. The first-order chi connectivity index (χ1) is 12.5. The number of nitrogens with one attached hydrogen (secondary N) is 2. The van der Waals surface area contributed by atoms with E-state index in [4.69, 9.17) is 0 Å². The van der Waals surface area contributed by atoms with Crippen molar-refractivity contribution < 1.29 is 0 Å². The van der Waals surface area contributed by atoms with Crippen LogP contribution in [0.2, 0.25) is 0 Å². The molecule has 0 spiro atoms. The molecule has 0 unspecified atom stereocenters. The average Bonchev–Trinajstić information content (AvgIpc) is 2.62. The van der Waals surface area contributed by atoms with Crippen molar-refractivity contribution in [2.75, 3.05) is 37.8 Å². The van der Waals surface area contributed by atoms with Crippen molar-refractivity contribution in [3.8, 4) is 0 Å². The van der Waals surface area contributed by atoms with Crippen LogP contribution in [0.3, 0.4) is 0 Å². The number of fused-ring (bicyclic) bond motifs is 1. The predicted octanol–water partition coefficient (Wildman–Crippen LogP) is 3.14. The Labute approximate surface area is 153 Å². The van der Waals surface area contributed by atoms with Gasteiger partial charge in [-0.1, -0.05) is 12.1 Å². The third kappa shape index (κ3) is 4.43. The first-order valence-corrected chi connectivity index (χ1v) is 8.74. The Hall–Kier alpha value is -2.80. The molecule has 0 aliphatic carbocycles. The van der Waals surface area contributed by atoms with E-state index in [1.807, 2.05) is 0 Å². The van der Waals surface area contributed by atoms with Gasteiger partial charge < -0.3 is 15.5 Å². The molecule has 0 saturated carbocycles. The Morgan fingerprint density at radius 1 is 1.04 bits per heavy atom. The predicted molar refractivity (Wildman–Crippen MR) is 106 cm³/mol. The summed E-state index contributed by atoms with van der Waals surface area (Å²) in [5.41, 5.74) is 4.57. The quantitative estimate of drug-likeness (QED) is 0.633. The van der Waals surface area contributed by atoms with Crippen LogP contribution in [0.25, 0.3) is 11.2 Å². The molecule has 7 nitrogen and oxygen atoms in total. The topological polar surface area (TPSA) is 78.9 Å². The maximum Gasteiger partial charge on any atom is 0.226 e. The number of hydrogen-bond acceptors (Lipinski definition) is 7. The molecule has 0 aliphatic rings. The lowest BCUT2D eigenvalue weighted by Gasteiger charge is -2.13. The summed E-state index contributed by atoms with van der Waals surface area (Å²) in [6.45, 7) is 5.94. The van der Waals surface area contributed by atoms with Gasteiger partial charge in [0.1, 0.15) is 0 Å². The second kappa shape index (κ2) is 8.05. The molecule has 0 fully saturated rings. The lowest BCUT2D eigenvalue weighted by molar-refractivity contribution is 0.405. The third-order valence-corrected chi connectivity index (χ3v) is 4.04. The fourth-order valence-electron chi connectivity index (χ4n) is 2.62. The lowest BCUT2D eigenvalue weighted by Crippen LogP contribution is -2.17. The van der Waals surface area contributed by atoms with E-state index >= 15 is 0 Å². The molecule has 1 aromatic carbocycles. The molecule has 2 N–H and O–H groups in total. The number of anilines is 3. The van der Waals surface area contributed by atoms with Crippen molar-refractivity contribution in [1.82, 2.24) is 24.8 Å². The highest BCUT2D eigenvalue weighted by atomic mass is 15.2. The van der Waals surface area contributed by atoms with E-state index in [0.29, 0.717) is 22.9 Å². The second-order valence-corrected chi connectivity index (χ2v) is 6.65. The number of aryl methyl sites for hydroxylation is 2. The normalized spacial score (nSPS) is 11.1. The Bertz CT molecular complexity index is 892. The van der Waals surface area contributed by atoms with E-state index in [9.17, 15) is 0 Å². The van der Waals surface area contributed by atoms with E-state index in [1.54, 1.807) is 12.4 Å². The number of aromatic nitrogens is 4. The smallest absolute Gasteiger partial charge is 0.226 e. The van der Waals surface area contributed by atoms with E-state index in [-0.39, 0.29) is 0 Å². The fraction of sp³-hybridized carbons (Fsp3) is 0.368. The van der Waals surface area contributed by atoms with Crippen LogP contribution < -0.4 is 10.6 Å². The van der Waals surface area contributed by atoms with E-state index < -0.39 is 0 Å². The average molecular weight is 351 g/mol. The summed E-state index contributed by atoms with van der Waals surface area (Å²) >= 11 is 0. The monoisotopic (exact) mass is 351 g/mol. The van der Waals surface area contributed by atoms with Crippen LogP contribution in [0.5, 0.6) is 0 Å². The van der Waals surface area contributed by atoms with Gasteiger partial charge in [-0.25, -0.2) is 9.97 Å². The molecule has 0 aliphatic heterocycles. The molecule has 0 bridgehead atoms. The number of benzene rings is 1. The summed E-state index contributed by atoms with van der Waals surface area (Å²) in [6.07, 6.45) is 4.31. The fourth-order valence-corrected chi connectivity index (χ4v) is 2.62. The highest BCUT2D eigenvalue weighted by Gasteiger charge is 2.11. The molecule has 2 aromatic heterocycles. The van der Waals surface area contributed by atoms with E-state index in [1.165, 1.54) is 5.56 Å². The SMILES string of the molecule is Cc1ccc(C)c(Nc2nc(NCCCN(C)C)nc3nccnc23)c1. The first kappa shape index (κ1) is 18.0. The third-order valence-electron chi connectivity index (χ3n) is 4.04. The minimum absolute atomic E-state index is 0.560. The van der Waals surface area contributed by atoms with Gasteiger partial charge in [0.25, 0.3) is 0 Å². The van der Waals surface area contributed by atoms with Gasteiger partial charge in [-0.2, -0.15) is 9.97 Å². The molecule has 2 heterocycles. The zero-order valence-electron chi connectivity index (χ0n) is 15.7. The number of nitrogens with zero attached hydrogens (tertiary/aromatic N) is 5. The second-order valence-electron chi connectivity index (χ2n) is 6.65. The van der Waals surface area contributed by atoms with E-state index in [0.717, 1.165) is 30.8 Å². The number of hydrogen-bond donors (Lipinski definition) is 2. The van der Waals surface area contributed by atoms with Crippen molar-refractivity contribution in [2.45, 2.75) is 20.3 Å². The number of rotatable bonds is 7. The summed E-state index contributed by atoms with van der Waals surface area (Å²) in [4.78, 5) is 20.0. The molecular weight excluding hydrogens is 326 g/mol. The molecule has 0 saturated heterocycles. The molecule has 0 radical (unpaired) electrons. The molecule has 0 atom stereocenters. The van der Waals surface area contributed by atoms with Crippen LogP contribution in [-0.2, 0) is 0 Å². The van der Waals surface area contributed by atoms with Crippen molar-refractivity contribution in [3.05, 3.63) is 41.7 Å². The van der Waals surface area contributed by atoms with Crippen LogP contribution in [0.15, 0.2) is 30.6 Å². The Balaban J connectivity index is 1.88. The van der Waals surface area contributed by atoms with Crippen LogP contribution in [0.1, 0.15) is 17.5 Å². The summed E-state index contributed by atoms with van der Waals surface area (Å²) in [7, 11) is 4.13. The van der Waals surface area contributed by atoms with Gasteiger partial charge >= 0.3 is 0 Å². The van der Waals surface area contributed by atoms with Crippen molar-refractivity contribution in [3.63, 3.8) is 0 Å². The van der Waals surface area contributed by atoms with Crippen LogP contribution in [0.4, 0.5) is 17.5 Å². The van der Waals surface area contributed by atoms with Crippen LogP contribution in [0, 0.1) is 13.8 Å². The van der Waals surface area contributed by atoms with Gasteiger partial charge in [-0.15, -0.1) is 0 Å². The summed E-state index contributed by atoms with van der Waals surface area (Å²) < 4.78 is 0.